The highest BCUT2D eigenvalue weighted by molar-refractivity contribution is 9.10. The zero-order valence-electron chi connectivity index (χ0n) is 11.1. The number of aromatic nitrogens is 2. The summed E-state index contributed by atoms with van der Waals surface area (Å²) in [4.78, 5) is 4.78. The third kappa shape index (κ3) is 2.49. The first-order chi connectivity index (χ1) is 9.79. The molecule has 2 heterocycles. The topological polar surface area (TPSA) is 43.3 Å². The maximum atomic E-state index is 5.67. The molecule has 4 heteroatoms. The average Bonchev–Trinajstić information content (AvgIpc) is 2.84. The summed E-state index contributed by atoms with van der Waals surface area (Å²) in [6, 6.07) is 14.4. The van der Waals surface area contributed by atoms with E-state index in [9.17, 15) is 0 Å². The Balaban J connectivity index is 2.19. The molecule has 0 spiro atoms. The molecular weight excluding hydrogens is 314 g/mol. The maximum Gasteiger partial charge on any atom is 0.137 e. The maximum absolute atomic E-state index is 5.67. The molecule has 0 aliphatic carbocycles. The van der Waals surface area contributed by atoms with Crippen LogP contribution in [0.15, 0.2) is 53.1 Å². The molecule has 0 atom stereocenters. The molecule has 0 bridgehead atoms. The fourth-order valence-corrected chi connectivity index (χ4v) is 2.74. The van der Waals surface area contributed by atoms with Crippen molar-refractivity contribution in [3.05, 3.63) is 58.8 Å². The summed E-state index contributed by atoms with van der Waals surface area (Å²) in [5.41, 5.74) is 10.1. The number of hydrogen-bond acceptors (Lipinski definition) is 2. The Labute approximate surface area is 126 Å². The van der Waals surface area contributed by atoms with Gasteiger partial charge in [0.05, 0.1) is 11.4 Å². The van der Waals surface area contributed by atoms with Gasteiger partial charge in [0.15, 0.2) is 0 Å². The summed E-state index contributed by atoms with van der Waals surface area (Å²) in [7, 11) is 0. The van der Waals surface area contributed by atoms with Gasteiger partial charge in [-0.15, -0.1) is 0 Å². The van der Waals surface area contributed by atoms with Crippen molar-refractivity contribution in [2.75, 3.05) is 6.54 Å². The molecular formula is C16H16BrN3. The van der Waals surface area contributed by atoms with E-state index in [0.717, 1.165) is 34.2 Å². The summed E-state index contributed by atoms with van der Waals surface area (Å²) < 4.78 is 3.21. The Morgan fingerprint density at radius 1 is 1.10 bits per heavy atom. The molecule has 20 heavy (non-hydrogen) atoms. The lowest BCUT2D eigenvalue weighted by molar-refractivity contribution is 0.803. The van der Waals surface area contributed by atoms with E-state index in [-0.39, 0.29) is 0 Å². The predicted octanol–water partition coefficient (Wildman–Crippen LogP) is 3.66. The van der Waals surface area contributed by atoms with Crippen molar-refractivity contribution in [1.29, 1.82) is 0 Å². The van der Waals surface area contributed by atoms with Crippen LogP contribution in [-0.4, -0.2) is 15.9 Å². The highest BCUT2D eigenvalue weighted by Gasteiger charge is 2.13. The molecule has 0 aliphatic rings. The van der Waals surface area contributed by atoms with Gasteiger partial charge in [0.25, 0.3) is 0 Å². The van der Waals surface area contributed by atoms with Crippen molar-refractivity contribution >= 4 is 21.6 Å². The van der Waals surface area contributed by atoms with Crippen molar-refractivity contribution in [3.8, 4) is 11.3 Å². The van der Waals surface area contributed by atoms with Crippen molar-refractivity contribution in [2.24, 2.45) is 5.73 Å². The third-order valence-corrected chi connectivity index (χ3v) is 3.82. The Hall–Kier alpha value is -1.65. The second-order valence-corrected chi connectivity index (χ2v) is 5.66. The van der Waals surface area contributed by atoms with Gasteiger partial charge >= 0.3 is 0 Å². The van der Waals surface area contributed by atoms with Crippen LogP contribution in [0.2, 0.25) is 0 Å². The Bertz CT molecular complexity index is 719. The molecule has 0 unspecified atom stereocenters. The standard InChI is InChI=1S/C16H16BrN3/c17-13-8-9-15-19-16(12-5-2-1-3-6-12)14(7-4-10-18)20(15)11-13/h1-3,5-6,8-9,11H,4,7,10,18H2. The van der Waals surface area contributed by atoms with Gasteiger partial charge in [-0.05, 0) is 47.4 Å². The molecule has 0 aliphatic heterocycles. The number of aryl methyl sites for hydroxylation is 1. The Morgan fingerprint density at radius 3 is 2.65 bits per heavy atom. The van der Waals surface area contributed by atoms with Crippen molar-refractivity contribution in [1.82, 2.24) is 9.38 Å². The van der Waals surface area contributed by atoms with Crippen molar-refractivity contribution in [2.45, 2.75) is 12.8 Å². The summed E-state index contributed by atoms with van der Waals surface area (Å²) in [6.45, 7) is 0.690. The van der Waals surface area contributed by atoms with Gasteiger partial charge in [0.2, 0.25) is 0 Å². The van der Waals surface area contributed by atoms with Gasteiger partial charge in [-0.2, -0.15) is 0 Å². The summed E-state index contributed by atoms with van der Waals surface area (Å²) in [6.07, 6.45) is 3.96. The largest absolute Gasteiger partial charge is 0.330 e. The van der Waals surface area contributed by atoms with Gasteiger partial charge in [0, 0.05) is 16.2 Å². The molecule has 2 aromatic heterocycles. The summed E-state index contributed by atoms with van der Waals surface area (Å²) >= 11 is 3.53. The molecule has 2 N–H and O–H groups in total. The number of benzene rings is 1. The SMILES string of the molecule is NCCCc1c(-c2ccccc2)nc2ccc(Br)cn12. The first-order valence-electron chi connectivity index (χ1n) is 6.71. The minimum Gasteiger partial charge on any atom is -0.330 e. The smallest absolute Gasteiger partial charge is 0.137 e. The highest BCUT2D eigenvalue weighted by atomic mass is 79.9. The van der Waals surface area contributed by atoms with E-state index in [0.29, 0.717) is 6.54 Å². The highest BCUT2D eigenvalue weighted by Crippen LogP contribution is 2.26. The molecule has 0 amide bonds. The van der Waals surface area contributed by atoms with E-state index < -0.39 is 0 Å². The quantitative estimate of drug-likeness (QED) is 0.793. The lowest BCUT2D eigenvalue weighted by Crippen LogP contribution is -2.03. The number of nitrogens with two attached hydrogens (primary N) is 1. The van der Waals surface area contributed by atoms with Crippen molar-refractivity contribution in [3.63, 3.8) is 0 Å². The van der Waals surface area contributed by atoms with Gasteiger partial charge in [-0.3, -0.25) is 0 Å². The number of nitrogens with zero attached hydrogens (tertiary/aromatic N) is 2. The minimum absolute atomic E-state index is 0.690. The van der Waals surface area contributed by atoms with Crippen LogP contribution in [0.4, 0.5) is 0 Å². The van der Waals surface area contributed by atoms with E-state index in [1.165, 1.54) is 5.69 Å². The molecule has 0 saturated carbocycles. The van der Waals surface area contributed by atoms with Crippen LogP contribution in [0.3, 0.4) is 0 Å². The van der Waals surface area contributed by atoms with E-state index in [4.69, 9.17) is 10.7 Å². The lowest BCUT2D eigenvalue weighted by Gasteiger charge is -2.05. The number of hydrogen-bond donors (Lipinski definition) is 1. The summed E-state index contributed by atoms with van der Waals surface area (Å²) in [5, 5.41) is 0. The van der Waals surface area contributed by atoms with Gasteiger partial charge in [-0.25, -0.2) is 4.98 Å². The number of pyridine rings is 1. The van der Waals surface area contributed by atoms with Crippen LogP contribution in [0.5, 0.6) is 0 Å². The van der Waals surface area contributed by atoms with E-state index in [2.05, 4.69) is 38.7 Å². The van der Waals surface area contributed by atoms with Crippen molar-refractivity contribution < 1.29 is 0 Å². The number of halogens is 1. The normalized spacial score (nSPS) is 11.1. The molecule has 0 fully saturated rings. The van der Waals surface area contributed by atoms with Gasteiger partial charge in [-0.1, -0.05) is 30.3 Å². The van der Waals surface area contributed by atoms with Crippen LogP contribution in [0, 0.1) is 0 Å². The molecule has 3 aromatic rings. The van der Waals surface area contributed by atoms with Gasteiger partial charge in [0.1, 0.15) is 5.65 Å². The number of rotatable bonds is 4. The first-order valence-corrected chi connectivity index (χ1v) is 7.51. The van der Waals surface area contributed by atoms with Crippen LogP contribution in [0.1, 0.15) is 12.1 Å². The fourth-order valence-electron chi connectivity index (χ4n) is 2.40. The second-order valence-electron chi connectivity index (χ2n) is 4.74. The molecule has 0 radical (unpaired) electrons. The van der Waals surface area contributed by atoms with Crippen LogP contribution in [-0.2, 0) is 6.42 Å². The van der Waals surface area contributed by atoms with E-state index >= 15 is 0 Å². The lowest BCUT2D eigenvalue weighted by atomic mass is 10.1. The van der Waals surface area contributed by atoms with Gasteiger partial charge < -0.3 is 10.1 Å². The first kappa shape index (κ1) is 13.3. The average molecular weight is 330 g/mol. The molecule has 3 nitrogen and oxygen atoms in total. The monoisotopic (exact) mass is 329 g/mol. The van der Waals surface area contributed by atoms with E-state index in [1.54, 1.807) is 0 Å². The number of fused-ring (bicyclic) bond motifs is 1. The fraction of sp³-hybridized carbons (Fsp3) is 0.188. The predicted molar refractivity (Wildman–Crippen MR) is 85.7 cm³/mol. The van der Waals surface area contributed by atoms with Crippen LogP contribution >= 0.6 is 15.9 Å². The molecule has 0 saturated heterocycles. The van der Waals surface area contributed by atoms with E-state index in [1.807, 2.05) is 30.3 Å². The van der Waals surface area contributed by atoms with Crippen LogP contribution in [0.25, 0.3) is 16.9 Å². The Kier molecular flexibility index (Phi) is 3.85. The minimum atomic E-state index is 0.690. The Morgan fingerprint density at radius 2 is 1.90 bits per heavy atom. The third-order valence-electron chi connectivity index (χ3n) is 3.35. The van der Waals surface area contributed by atoms with Crippen LogP contribution < -0.4 is 5.73 Å². The molecule has 3 rings (SSSR count). The molecule has 102 valence electrons. The summed E-state index contributed by atoms with van der Waals surface area (Å²) in [5.74, 6) is 0. The zero-order chi connectivity index (χ0) is 13.9. The zero-order valence-corrected chi connectivity index (χ0v) is 12.7. The number of imidazole rings is 1. The molecule has 1 aromatic carbocycles. The second kappa shape index (κ2) is 5.77.